The van der Waals surface area contributed by atoms with Crippen LogP contribution in [-0.2, 0) is 21.0 Å². The van der Waals surface area contributed by atoms with E-state index in [1.165, 1.54) is 0 Å². The van der Waals surface area contributed by atoms with Crippen molar-refractivity contribution in [2.24, 2.45) is 0 Å². The summed E-state index contributed by atoms with van der Waals surface area (Å²) in [4.78, 5) is 15.0. The number of phenolic OH excluding ortho intramolecular Hbond substituents is 1. The maximum absolute atomic E-state index is 13.1. The van der Waals surface area contributed by atoms with E-state index in [9.17, 15) is 9.90 Å². The zero-order valence-electron chi connectivity index (χ0n) is 17.9. The number of carbonyl (C=O) groups excluding carboxylic acids is 1. The third-order valence-corrected chi connectivity index (χ3v) is 5.03. The zero-order chi connectivity index (χ0) is 19.8. The molecule has 1 aromatic rings. The monoisotopic (exact) mass is 347 g/mol. The lowest BCUT2D eigenvalue weighted by molar-refractivity contribution is -0.135. The number of hydrogen-bond acceptors (Lipinski definition) is 2. The zero-order valence-corrected chi connectivity index (χ0v) is 17.9. The van der Waals surface area contributed by atoms with Crippen LogP contribution in [0.5, 0.6) is 5.75 Å². The lowest BCUT2D eigenvalue weighted by atomic mass is 9.73. The molecular formula is C22H37NO2. The first-order chi connectivity index (χ1) is 11.2. The van der Waals surface area contributed by atoms with Gasteiger partial charge in [-0.2, -0.15) is 0 Å². The smallest absolute Gasteiger partial charge is 0.232 e. The van der Waals surface area contributed by atoms with E-state index in [2.05, 4.69) is 41.5 Å². The average molecular weight is 348 g/mol. The number of amides is 1. The first-order valence-corrected chi connectivity index (χ1v) is 9.35. The fraction of sp³-hybridized carbons (Fsp3) is 0.682. The normalized spacial score (nSPS) is 13.0. The van der Waals surface area contributed by atoms with Crippen LogP contribution < -0.4 is 0 Å². The van der Waals surface area contributed by atoms with E-state index >= 15 is 0 Å². The van der Waals surface area contributed by atoms with Gasteiger partial charge in [0.1, 0.15) is 5.75 Å². The number of rotatable bonds is 4. The van der Waals surface area contributed by atoms with Gasteiger partial charge >= 0.3 is 0 Å². The minimum Gasteiger partial charge on any atom is -0.507 e. The molecule has 0 aromatic heterocycles. The predicted octanol–water partition coefficient (Wildman–Crippen LogP) is 5.13. The first kappa shape index (κ1) is 21.5. The highest BCUT2D eigenvalue weighted by Crippen LogP contribution is 2.42. The molecule has 1 amide bonds. The maximum atomic E-state index is 13.1. The van der Waals surface area contributed by atoms with Crippen molar-refractivity contribution in [2.75, 3.05) is 13.1 Å². The molecule has 0 aliphatic rings. The van der Waals surface area contributed by atoms with Gasteiger partial charge < -0.3 is 10.0 Å². The summed E-state index contributed by atoms with van der Waals surface area (Å²) in [6.45, 7) is 22.0. The Morgan fingerprint density at radius 1 is 0.880 bits per heavy atom. The summed E-state index contributed by atoms with van der Waals surface area (Å²) in [5.41, 5.74) is 1.73. The average Bonchev–Trinajstić information content (AvgIpc) is 2.45. The summed E-state index contributed by atoms with van der Waals surface area (Å²) < 4.78 is 0. The fourth-order valence-corrected chi connectivity index (χ4v) is 3.17. The van der Waals surface area contributed by atoms with Gasteiger partial charge in [-0.3, -0.25) is 4.79 Å². The first-order valence-electron chi connectivity index (χ1n) is 9.35. The Morgan fingerprint density at radius 2 is 1.24 bits per heavy atom. The number of hydrogen-bond donors (Lipinski definition) is 1. The predicted molar refractivity (Wildman–Crippen MR) is 106 cm³/mol. The summed E-state index contributed by atoms with van der Waals surface area (Å²) in [6.07, 6.45) is 0. The molecule has 0 aliphatic heterocycles. The van der Waals surface area contributed by atoms with E-state index < -0.39 is 5.41 Å². The van der Waals surface area contributed by atoms with Gasteiger partial charge in [-0.05, 0) is 55.2 Å². The number of aromatic hydroxyl groups is 1. The Kier molecular flexibility index (Phi) is 6.04. The van der Waals surface area contributed by atoms with Crippen LogP contribution in [0.4, 0.5) is 0 Å². The minimum atomic E-state index is -0.639. The lowest BCUT2D eigenvalue weighted by Gasteiger charge is -2.34. The second kappa shape index (κ2) is 7.01. The number of nitrogens with zero attached hydrogens (tertiary/aromatic N) is 1. The molecule has 0 saturated carbocycles. The second-order valence-electron chi connectivity index (χ2n) is 9.52. The van der Waals surface area contributed by atoms with Crippen LogP contribution in [0.25, 0.3) is 0 Å². The molecule has 1 aromatic carbocycles. The van der Waals surface area contributed by atoms with E-state index in [0.717, 1.165) is 16.7 Å². The maximum Gasteiger partial charge on any atom is 0.232 e. The molecule has 0 unspecified atom stereocenters. The molecule has 0 heterocycles. The summed E-state index contributed by atoms with van der Waals surface area (Å²) in [6, 6.07) is 4.04. The van der Waals surface area contributed by atoms with Gasteiger partial charge in [-0.15, -0.1) is 0 Å². The minimum absolute atomic E-state index is 0.128. The van der Waals surface area contributed by atoms with Crippen molar-refractivity contribution >= 4 is 5.91 Å². The highest BCUT2D eigenvalue weighted by molar-refractivity contribution is 5.87. The SMILES string of the molecule is CCN(CC)C(=O)C(C)(C)c1cc(C(C)(C)C)c(O)c(C(C)(C)C)c1. The largest absolute Gasteiger partial charge is 0.507 e. The number of carbonyl (C=O) groups is 1. The van der Waals surface area contributed by atoms with Gasteiger partial charge in [0.25, 0.3) is 0 Å². The van der Waals surface area contributed by atoms with Crippen molar-refractivity contribution in [2.45, 2.75) is 85.5 Å². The van der Waals surface area contributed by atoms with Crippen LogP contribution in [-0.4, -0.2) is 29.0 Å². The van der Waals surface area contributed by atoms with Crippen LogP contribution >= 0.6 is 0 Å². The summed E-state index contributed by atoms with van der Waals surface area (Å²) in [5.74, 6) is 0.484. The van der Waals surface area contributed by atoms with E-state index in [1.807, 2.05) is 44.7 Å². The van der Waals surface area contributed by atoms with Crippen molar-refractivity contribution < 1.29 is 9.90 Å². The number of benzene rings is 1. The van der Waals surface area contributed by atoms with Crippen molar-refractivity contribution in [3.8, 4) is 5.75 Å². The summed E-state index contributed by atoms with van der Waals surface area (Å²) in [7, 11) is 0. The van der Waals surface area contributed by atoms with Crippen LogP contribution in [0.1, 0.15) is 85.9 Å². The molecular weight excluding hydrogens is 310 g/mol. The molecule has 1 rings (SSSR count). The van der Waals surface area contributed by atoms with Crippen LogP contribution in [0.2, 0.25) is 0 Å². The molecule has 0 fully saturated rings. The second-order valence-corrected chi connectivity index (χ2v) is 9.52. The van der Waals surface area contributed by atoms with Crippen LogP contribution in [0.15, 0.2) is 12.1 Å². The van der Waals surface area contributed by atoms with Gasteiger partial charge in [0.15, 0.2) is 0 Å². The standard InChI is InChI=1S/C22H37NO2/c1-11-23(12-2)19(25)22(9,10)15-13-16(20(3,4)5)18(24)17(14-15)21(6,7)8/h13-14,24H,11-12H2,1-10H3. The highest BCUT2D eigenvalue weighted by Gasteiger charge is 2.36. The summed E-state index contributed by atoms with van der Waals surface area (Å²) in [5, 5.41) is 10.9. The molecule has 3 heteroatoms. The third-order valence-electron chi connectivity index (χ3n) is 5.03. The van der Waals surface area contributed by atoms with Gasteiger partial charge in [-0.25, -0.2) is 0 Å². The van der Waals surface area contributed by atoms with E-state index in [1.54, 1.807) is 0 Å². The molecule has 0 spiro atoms. The van der Waals surface area contributed by atoms with Crippen LogP contribution in [0, 0.1) is 0 Å². The molecule has 0 atom stereocenters. The van der Waals surface area contributed by atoms with Gasteiger partial charge in [-0.1, -0.05) is 53.7 Å². The lowest BCUT2D eigenvalue weighted by Crippen LogP contribution is -2.43. The Labute approximate surface area is 154 Å². The van der Waals surface area contributed by atoms with Crippen LogP contribution in [0.3, 0.4) is 0 Å². The van der Waals surface area contributed by atoms with Crippen molar-refractivity contribution in [1.82, 2.24) is 4.90 Å². The van der Waals surface area contributed by atoms with Gasteiger partial charge in [0, 0.05) is 13.1 Å². The summed E-state index contributed by atoms with van der Waals surface area (Å²) >= 11 is 0. The highest BCUT2D eigenvalue weighted by atomic mass is 16.3. The molecule has 25 heavy (non-hydrogen) atoms. The molecule has 0 aliphatic carbocycles. The molecule has 142 valence electrons. The quantitative estimate of drug-likeness (QED) is 0.820. The number of phenols is 1. The van der Waals surface area contributed by atoms with Gasteiger partial charge in [0.2, 0.25) is 5.91 Å². The van der Waals surface area contributed by atoms with E-state index in [0.29, 0.717) is 18.8 Å². The molecule has 0 radical (unpaired) electrons. The topological polar surface area (TPSA) is 40.5 Å². The Morgan fingerprint density at radius 3 is 1.52 bits per heavy atom. The third kappa shape index (κ3) is 4.37. The number of likely N-dealkylation sites (N-methyl/N-ethyl adjacent to an activating group) is 1. The van der Waals surface area contributed by atoms with Crippen molar-refractivity contribution in [3.05, 3.63) is 28.8 Å². The Balaban J connectivity index is 3.68. The molecule has 1 N–H and O–H groups in total. The molecule has 3 nitrogen and oxygen atoms in total. The molecule has 0 saturated heterocycles. The molecule has 0 bridgehead atoms. The van der Waals surface area contributed by atoms with E-state index in [4.69, 9.17) is 0 Å². The van der Waals surface area contributed by atoms with Crippen molar-refractivity contribution in [1.29, 1.82) is 0 Å². The fourth-order valence-electron chi connectivity index (χ4n) is 3.17. The van der Waals surface area contributed by atoms with Gasteiger partial charge in [0.05, 0.1) is 5.41 Å². The Hall–Kier alpha value is -1.51. The Bertz CT molecular complexity index is 591. The van der Waals surface area contributed by atoms with Crippen molar-refractivity contribution in [3.63, 3.8) is 0 Å². The van der Waals surface area contributed by atoms with E-state index in [-0.39, 0.29) is 16.7 Å².